The van der Waals surface area contributed by atoms with Crippen LogP contribution in [0.4, 0.5) is 0 Å². The molecule has 0 saturated carbocycles. The van der Waals surface area contributed by atoms with Crippen molar-refractivity contribution in [2.75, 3.05) is 7.11 Å². The monoisotopic (exact) mass is 433 g/mol. The van der Waals surface area contributed by atoms with Crippen LogP contribution in [0.2, 0.25) is 5.15 Å². The van der Waals surface area contributed by atoms with E-state index in [0.29, 0.717) is 22.9 Å². The largest absolute Gasteiger partial charge is 0.497 e. The molecule has 1 aromatic heterocycles. The summed E-state index contributed by atoms with van der Waals surface area (Å²) >= 11 is 6.71. The van der Waals surface area contributed by atoms with Gasteiger partial charge in [0.25, 0.3) is 0 Å². The van der Waals surface area contributed by atoms with Gasteiger partial charge in [-0.1, -0.05) is 62.7 Å². The lowest BCUT2D eigenvalue weighted by atomic mass is 9.78. The van der Waals surface area contributed by atoms with Gasteiger partial charge in [-0.3, -0.25) is 0 Å². The van der Waals surface area contributed by atoms with Gasteiger partial charge in [-0.05, 0) is 84.0 Å². The molecule has 4 rings (SSSR count). The van der Waals surface area contributed by atoms with Gasteiger partial charge in [-0.15, -0.1) is 0 Å². The molecule has 1 aliphatic carbocycles. The first-order valence-electron chi connectivity index (χ1n) is 11.5. The first kappa shape index (κ1) is 21.9. The van der Waals surface area contributed by atoms with E-state index < -0.39 is 0 Å². The average Bonchev–Trinajstić information content (AvgIpc) is 2.94. The Balaban J connectivity index is 1.74. The fraction of sp³-hybridized carbons (Fsp3) is 0.393. The third-order valence-electron chi connectivity index (χ3n) is 6.92. The summed E-state index contributed by atoms with van der Waals surface area (Å²) < 4.78 is 5.30. The van der Waals surface area contributed by atoms with Crippen molar-refractivity contribution in [3.63, 3.8) is 0 Å². The topological polar surface area (TPSA) is 22.1 Å². The van der Waals surface area contributed by atoms with Crippen molar-refractivity contribution in [2.24, 2.45) is 17.8 Å². The van der Waals surface area contributed by atoms with Crippen molar-refractivity contribution in [3.05, 3.63) is 69.2 Å². The van der Waals surface area contributed by atoms with Crippen molar-refractivity contribution < 1.29 is 4.74 Å². The van der Waals surface area contributed by atoms with E-state index in [1.54, 1.807) is 7.11 Å². The van der Waals surface area contributed by atoms with Gasteiger partial charge in [0.1, 0.15) is 10.9 Å². The number of fused-ring (bicyclic) bond motifs is 3. The summed E-state index contributed by atoms with van der Waals surface area (Å²) in [5.74, 6) is 2.43. The fourth-order valence-corrected chi connectivity index (χ4v) is 5.27. The summed E-state index contributed by atoms with van der Waals surface area (Å²) in [5.41, 5.74) is 3.69. The minimum Gasteiger partial charge on any atom is -0.497 e. The maximum Gasteiger partial charge on any atom is 0.137 e. The molecule has 3 aromatic rings. The number of methoxy groups -OCH3 is 1. The quantitative estimate of drug-likeness (QED) is 0.448. The van der Waals surface area contributed by atoms with Crippen molar-refractivity contribution in [2.45, 2.75) is 46.5 Å². The van der Waals surface area contributed by atoms with Gasteiger partial charge in [0.15, 0.2) is 0 Å². The molecule has 0 fully saturated rings. The molecular formula is C28H32ClNO. The highest BCUT2D eigenvalue weighted by Gasteiger charge is 2.25. The first-order valence-corrected chi connectivity index (χ1v) is 11.9. The lowest BCUT2D eigenvalue weighted by molar-refractivity contribution is 0.320. The predicted molar refractivity (Wildman–Crippen MR) is 132 cm³/mol. The number of hydrogen-bond acceptors (Lipinski definition) is 2. The zero-order chi connectivity index (χ0) is 22.0. The molecule has 0 bridgehead atoms. The van der Waals surface area contributed by atoms with E-state index in [9.17, 15) is 0 Å². The van der Waals surface area contributed by atoms with Crippen LogP contribution in [0.15, 0.2) is 42.5 Å². The summed E-state index contributed by atoms with van der Waals surface area (Å²) in [6.07, 6.45) is 9.20. The molecule has 31 heavy (non-hydrogen) atoms. The highest BCUT2D eigenvalue weighted by molar-refractivity contribution is 6.30. The molecule has 0 saturated heterocycles. The van der Waals surface area contributed by atoms with Crippen LogP contribution in [0.5, 0.6) is 5.75 Å². The molecule has 3 atom stereocenters. The van der Waals surface area contributed by atoms with Gasteiger partial charge >= 0.3 is 0 Å². The summed E-state index contributed by atoms with van der Waals surface area (Å²) in [6, 6.07) is 15.1. The molecule has 1 aliphatic rings. The molecule has 3 heteroatoms. The number of rotatable bonds is 6. The molecule has 1 heterocycles. The molecule has 0 amide bonds. The summed E-state index contributed by atoms with van der Waals surface area (Å²) in [7, 11) is 1.71. The molecule has 162 valence electrons. The molecule has 0 N–H and O–H groups in total. The lowest BCUT2D eigenvalue weighted by Gasteiger charge is -2.27. The van der Waals surface area contributed by atoms with Crippen molar-refractivity contribution in [3.8, 4) is 5.75 Å². The van der Waals surface area contributed by atoms with Crippen molar-refractivity contribution >= 4 is 34.7 Å². The van der Waals surface area contributed by atoms with Gasteiger partial charge in [-0.2, -0.15) is 0 Å². The summed E-state index contributed by atoms with van der Waals surface area (Å²) in [6.45, 7) is 6.86. The second-order valence-corrected chi connectivity index (χ2v) is 9.11. The minimum atomic E-state index is 0.465. The highest BCUT2D eigenvalue weighted by atomic mass is 35.5. The normalized spacial score (nSPS) is 20.5. The molecule has 0 aliphatic heterocycles. The van der Waals surface area contributed by atoms with Crippen molar-refractivity contribution in [1.82, 2.24) is 4.98 Å². The van der Waals surface area contributed by atoms with E-state index in [-0.39, 0.29) is 0 Å². The van der Waals surface area contributed by atoms with Crippen LogP contribution in [0.25, 0.3) is 23.1 Å². The van der Waals surface area contributed by atoms with E-state index in [1.807, 2.05) is 0 Å². The van der Waals surface area contributed by atoms with Crippen LogP contribution in [0.1, 0.15) is 44.7 Å². The summed E-state index contributed by atoms with van der Waals surface area (Å²) in [5, 5.41) is 4.24. The zero-order valence-corrected chi connectivity index (χ0v) is 19.7. The van der Waals surface area contributed by atoms with E-state index in [2.05, 4.69) is 75.4 Å². The number of benzene rings is 2. The molecule has 2 nitrogen and oxygen atoms in total. The maximum atomic E-state index is 6.71. The SMILES string of the molecule is CCc1ccc2nc(Cl)c3c(c2c1)=CC(C)C(CCc1ccc(OC)cc1)C(CC)C=3. The molecule has 3 unspecified atom stereocenters. The standard InChI is InChI=1S/C28H32ClNO/c1-5-19-10-14-27-25(16-19)24-15-18(3)23(21(6-2)17-26(24)28(29)30-27)13-9-20-7-11-22(31-4)12-8-20/h7-8,10-12,14-18,21,23H,5-6,9,13H2,1-4H3. The van der Waals surface area contributed by atoms with Crippen LogP contribution < -0.4 is 15.2 Å². The number of aromatic nitrogens is 1. The third kappa shape index (κ3) is 4.50. The molecule has 2 aromatic carbocycles. The lowest BCUT2D eigenvalue weighted by Crippen LogP contribution is -2.28. The van der Waals surface area contributed by atoms with Gasteiger partial charge in [0.2, 0.25) is 0 Å². The number of halogens is 1. The Hall–Kier alpha value is -2.32. The molecule has 0 radical (unpaired) electrons. The van der Waals surface area contributed by atoms with Crippen LogP contribution >= 0.6 is 11.6 Å². The first-order chi connectivity index (χ1) is 15.0. The average molecular weight is 434 g/mol. The number of pyridine rings is 1. The second-order valence-electron chi connectivity index (χ2n) is 8.75. The van der Waals surface area contributed by atoms with Gasteiger partial charge in [0.05, 0.1) is 12.6 Å². The Kier molecular flexibility index (Phi) is 6.67. The Labute approximate surface area is 190 Å². The smallest absolute Gasteiger partial charge is 0.137 e. The number of ether oxygens (including phenoxy) is 1. The van der Waals surface area contributed by atoms with Crippen LogP contribution in [0.3, 0.4) is 0 Å². The summed E-state index contributed by atoms with van der Waals surface area (Å²) in [4.78, 5) is 4.74. The Morgan fingerprint density at radius 3 is 2.39 bits per heavy atom. The van der Waals surface area contributed by atoms with Gasteiger partial charge in [-0.25, -0.2) is 4.98 Å². The molecular weight excluding hydrogens is 402 g/mol. The predicted octanol–water partition coefficient (Wildman–Crippen LogP) is 5.95. The van der Waals surface area contributed by atoms with Crippen molar-refractivity contribution in [1.29, 1.82) is 0 Å². The molecule has 0 spiro atoms. The Morgan fingerprint density at radius 1 is 0.968 bits per heavy atom. The zero-order valence-electron chi connectivity index (χ0n) is 19.0. The van der Waals surface area contributed by atoms with E-state index in [4.69, 9.17) is 21.3 Å². The Morgan fingerprint density at radius 2 is 1.71 bits per heavy atom. The van der Waals surface area contributed by atoms with E-state index in [0.717, 1.165) is 42.2 Å². The van der Waals surface area contributed by atoms with E-state index in [1.165, 1.54) is 21.7 Å². The van der Waals surface area contributed by atoms with E-state index >= 15 is 0 Å². The fourth-order valence-electron chi connectivity index (χ4n) is 5.01. The number of aryl methyl sites for hydroxylation is 2. The van der Waals surface area contributed by atoms with Gasteiger partial charge < -0.3 is 4.74 Å². The van der Waals surface area contributed by atoms with Gasteiger partial charge in [0, 0.05) is 10.6 Å². The third-order valence-corrected chi connectivity index (χ3v) is 7.21. The number of nitrogens with zero attached hydrogens (tertiary/aromatic N) is 1. The second kappa shape index (κ2) is 9.44. The van der Waals surface area contributed by atoms with Crippen LogP contribution in [-0.2, 0) is 12.8 Å². The number of hydrogen-bond donors (Lipinski definition) is 0. The maximum absolute atomic E-state index is 6.71. The Bertz CT molecular complexity index is 1180. The van der Waals surface area contributed by atoms with Crippen LogP contribution in [-0.4, -0.2) is 12.1 Å². The van der Waals surface area contributed by atoms with Crippen LogP contribution in [0, 0.1) is 17.8 Å². The minimum absolute atomic E-state index is 0.465. The highest BCUT2D eigenvalue weighted by Crippen LogP contribution is 2.32.